The number of hydrogen-bond donors (Lipinski definition) is 0. The Labute approximate surface area is 190 Å². The number of fused-ring (bicyclic) bond motifs is 6. The molecule has 1 aromatic carbocycles. The van der Waals surface area contributed by atoms with Crippen molar-refractivity contribution in [3.63, 3.8) is 0 Å². The van der Waals surface area contributed by atoms with E-state index in [0.29, 0.717) is 0 Å². The van der Waals surface area contributed by atoms with Gasteiger partial charge >= 0.3 is 0 Å². The zero-order valence-corrected chi connectivity index (χ0v) is 19.9. The zero-order chi connectivity index (χ0) is 20.3. The molecule has 0 N–H and O–H groups in total. The van der Waals surface area contributed by atoms with Crippen molar-refractivity contribution in [3.8, 4) is 0 Å². The van der Waals surface area contributed by atoms with Gasteiger partial charge in [0.1, 0.15) is 0 Å². The fraction of sp³-hybridized carbons (Fsp3) is 0.667. The van der Waals surface area contributed by atoms with Gasteiger partial charge in [-0.25, -0.2) is 17.6 Å². The fourth-order valence-electron chi connectivity index (χ4n) is 3.62. The summed E-state index contributed by atoms with van der Waals surface area (Å²) >= 11 is 2.82. The molecule has 4 bridgehead atoms. The molecule has 1 aromatic rings. The molecular formula is C18H24F4I2N4. The third-order valence-electron chi connectivity index (χ3n) is 5.55. The summed E-state index contributed by atoms with van der Waals surface area (Å²) in [6, 6.07) is 0. The smallest absolute Gasteiger partial charge is 0.198 e. The van der Waals surface area contributed by atoms with E-state index < -0.39 is 23.3 Å². The Morgan fingerprint density at radius 2 is 0.571 bits per heavy atom. The lowest BCUT2D eigenvalue weighted by molar-refractivity contribution is 0.0647. The van der Waals surface area contributed by atoms with E-state index in [1.807, 2.05) is 0 Å². The van der Waals surface area contributed by atoms with Crippen LogP contribution in [0.1, 0.15) is 0 Å². The maximum atomic E-state index is 12.6. The highest BCUT2D eigenvalue weighted by atomic mass is 127. The van der Waals surface area contributed by atoms with Gasteiger partial charge in [-0.15, -0.1) is 0 Å². The predicted octanol–water partition coefficient (Wildman–Crippen LogP) is 2.69. The first kappa shape index (κ1) is 22.9. The first-order valence-corrected chi connectivity index (χ1v) is 11.6. The van der Waals surface area contributed by atoms with Crippen molar-refractivity contribution < 1.29 is 17.6 Å². The van der Waals surface area contributed by atoms with E-state index in [1.54, 1.807) is 0 Å². The average Bonchev–Trinajstić information content (AvgIpc) is 2.78. The molecule has 7 rings (SSSR count). The summed E-state index contributed by atoms with van der Waals surface area (Å²) in [5.74, 6) is -6.23. The van der Waals surface area contributed by atoms with Gasteiger partial charge in [-0.2, -0.15) is 0 Å². The molecule has 6 heterocycles. The van der Waals surface area contributed by atoms with Gasteiger partial charge in [0.2, 0.25) is 0 Å². The normalized spacial score (nSPS) is 30.2. The topological polar surface area (TPSA) is 13.0 Å². The Morgan fingerprint density at radius 3 is 0.714 bits per heavy atom. The first-order valence-electron chi connectivity index (χ1n) is 9.43. The van der Waals surface area contributed by atoms with Crippen molar-refractivity contribution in [2.45, 2.75) is 0 Å². The van der Waals surface area contributed by atoms with Crippen LogP contribution in [0.2, 0.25) is 0 Å². The SMILES string of the molecule is C1CN2CCN1CC2.C1CN2CCN1CC2.Fc1c(F)c(F)c(I)c(I)c1F. The monoisotopic (exact) mass is 626 g/mol. The second kappa shape index (κ2) is 10.5. The number of rotatable bonds is 0. The van der Waals surface area contributed by atoms with Crippen LogP contribution in [0.5, 0.6) is 0 Å². The van der Waals surface area contributed by atoms with Crippen molar-refractivity contribution in [1.82, 2.24) is 19.6 Å². The molecule has 0 atom stereocenters. The molecule has 4 nitrogen and oxygen atoms in total. The summed E-state index contributed by atoms with van der Waals surface area (Å²) in [6.45, 7) is 15.8. The van der Waals surface area contributed by atoms with Gasteiger partial charge in [-0.3, -0.25) is 19.6 Å². The lowest BCUT2D eigenvalue weighted by Crippen LogP contribution is -2.55. The van der Waals surface area contributed by atoms with E-state index in [0.717, 1.165) is 0 Å². The van der Waals surface area contributed by atoms with Crippen LogP contribution >= 0.6 is 45.2 Å². The minimum Gasteiger partial charge on any atom is -0.300 e. The van der Waals surface area contributed by atoms with Crippen LogP contribution in [0.4, 0.5) is 17.6 Å². The highest BCUT2D eigenvalue weighted by Crippen LogP contribution is 2.26. The molecule has 0 aliphatic carbocycles. The fourth-order valence-corrected chi connectivity index (χ4v) is 4.56. The molecule has 28 heavy (non-hydrogen) atoms. The molecule has 0 aromatic heterocycles. The standard InChI is InChI=1S/C6F4I2.2C6H12N2/c7-1-2(8)4(10)6(12)5(11)3(1)9;2*1-2-8-5-3-7(1)4-6-8/h;2*1-6H2. The van der Waals surface area contributed by atoms with E-state index in [4.69, 9.17) is 0 Å². The Balaban J connectivity index is 0.000000124. The van der Waals surface area contributed by atoms with Crippen LogP contribution in [0.15, 0.2) is 0 Å². The summed E-state index contributed by atoms with van der Waals surface area (Å²) < 4.78 is 49.7. The molecule has 6 saturated heterocycles. The number of benzene rings is 1. The van der Waals surface area contributed by atoms with E-state index in [-0.39, 0.29) is 7.14 Å². The number of nitrogens with zero attached hydrogens (tertiary/aromatic N) is 4. The highest BCUT2D eigenvalue weighted by molar-refractivity contribution is 14.1. The van der Waals surface area contributed by atoms with Gasteiger partial charge in [0, 0.05) is 78.5 Å². The molecule has 10 heteroatoms. The Morgan fingerprint density at radius 1 is 0.393 bits per heavy atom. The molecule has 0 amide bonds. The molecule has 0 saturated carbocycles. The molecule has 0 spiro atoms. The van der Waals surface area contributed by atoms with Crippen molar-refractivity contribution in [2.75, 3.05) is 78.5 Å². The van der Waals surface area contributed by atoms with E-state index in [1.165, 1.54) is 124 Å². The summed E-state index contributed by atoms with van der Waals surface area (Å²) in [7, 11) is 0. The van der Waals surface area contributed by atoms with Crippen LogP contribution in [-0.2, 0) is 0 Å². The second-order valence-electron chi connectivity index (χ2n) is 7.25. The van der Waals surface area contributed by atoms with Crippen LogP contribution < -0.4 is 0 Å². The maximum absolute atomic E-state index is 12.6. The van der Waals surface area contributed by atoms with Gasteiger partial charge in [-0.05, 0) is 45.2 Å². The zero-order valence-electron chi connectivity index (χ0n) is 15.5. The van der Waals surface area contributed by atoms with Crippen LogP contribution in [-0.4, -0.2) is 98.1 Å². The summed E-state index contributed by atoms with van der Waals surface area (Å²) in [5.41, 5.74) is 0. The lowest BCUT2D eigenvalue weighted by atomic mass is 10.2. The minimum atomic E-state index is -1.77. The maximum Gasteiger partial charge on any atom is 0.198 e. The van der Waals surface area contributed by atoms with Crippen molar-refractivity contribution >= 4 is 45.2 Å². The second-order valence-corrected chi connectivity index (χ2v) is 9.41. The van der Waals surface area contributed by atoms with Crippen molar-refractivity contribution in [2.24, 2.45) is 0 Å². The third-order valence-corrected chi connectivity index (χ3v) is 8.61. The van der Waals surface area contributed by atoms with Gasteiger partial charge in [-0.1, -0.05) is 0 Å². The van der Waals surface area contributed by atoms with E-state index >= 15 is 0 Å². The average molecular weight is 626 g/mol. The molecule has 158 valence electrons. The number of piperazine rings is 6. The molecular weight excluding hydrogens is 602 g/mol. The molecule has 0 radical (unpaired) electrons. The third kappa shape index (κ3) is 5.68. The minimum absolute atomic E-state index is 0.246. The summed E-state index contributed by atoms with van der Waals surface area (Å²) in [6.07, 6.45) is 0. The largest absolute Gasteiger partial charge is 0.300 e. The molecule has 6 aliphatic rings. The van der Waals surface area contributed by atoms with Crippen molar-refractivity contribution in [1.29, 1.82) is 0 Å². The van der Waals surface area contributed by atoms with Gasteiger partial charge in [0.15, 0.2) is 23.3 Å². The Bertz CT molecular complexity index is 503. The van der Waals surface area contributed by atoms with Gasteiger partial charge in [0.05, 0.1) is 7.14 Å². The lowest BCUT2D eigenvalue weighted by Gasteiger charge is -2.41. The van der Waals surface area contributed by atoms with Crippen LogP contribution in [0, 0.1) is 30.4 Å². The molecule has 6 fully saturated rings. The van der Waals surface area contributed by atoms with E-state index in [9.17, 15) is 17.6 Å². The quantitative estimate of drug-likeness (QED) is 0.190. The van der Waals surface area contributed by atoms with Gasteiger partial charge < -0.3 is 0 Å². The van der Waals surface area contributed by atoms with Crippen molar-refractivity contribution in [3.05, 3.63) is 30.4 Å². The van der Waals surface area contributed by atoms with Gasteiger partial charge in [0.25, 0.3) is 0 Å². The molecule has 6 aliphatic heterocycles. The Hall–Kier alpha value is 0.240. The van der Waals surface area contributed by atoms with Crippen LogP contribution in [0.3, 0.4) is 0 Å². The Kier molecular flexibility index (Phi) is 8.60. The van der Waals surface area contributed by atoms with Crippen LogP contribution in [0.25, 0.3) is 0 Å². The number of halogens is 6. The number of hydrogen-bond acceptors (Lipinski definition) is 4. The summed E-state index contributed by atoms with van der Waals surface area (Å²) in [5, 5.41) is 0. The summed E-state index contributed by atoms with van der Waals surface area (Å²) in [4.78, 5) is 10.2. The van der Waals surface area contributed by atoms with E-state index in [2.05, 4.69) is 19.6 Å². The highest BCUT2D eigenvalue weighted by Gasteiger charge is 2.23. The molecule has 0 unspecified atom stereocenters. The first-order chi connectivity index (χ1) is 13.4. The predicted molar refractivity (Wildman–Crippen MR) is 117 cm³/mol.